The first-order valence-electron chi connectivity index (χ1n) is 4.48. The topological polar surface area (TPSA) is 18.5 Å². The Morgan fingerprint density at radius 2 is 2.36 bits per heavy atom. The quantitative estimate of drug-likeness (QED) is 0.603. The minimum absolute atomic E-state index is 0.679. The molecule has 2 nitrogen and oxygen atoms in total. The highest BCUT2D eigenvalue weighted by Gasteiger charge is 2.15. The van der Waals surface area contributed by atoms with Crippen molar-refractivity contribution in [1.29, 1.82) is 0 Å². The van der Waals surface area contributed by atoms with Crippen molar-refractivity contribution in [2.24, 2.45) is 5.92 Å². The van der Waals surface area contributed by atoms with E-state index in [1.807, 2.05) is 0 Å². The summed E-state index contributed by atoms with van der Waals surface area (Å²) in [7, 11) is 0. The van der Waals surface area contributed by atoms with Crippen LogP contribution in [0.4, 0.5) is 0 Å². The van der Waals surface area contributed by atoms with Crippen LogP contribution in [0.2, 0.25) is 11.6 Å². The van der Waals surface area contributed by atoms with Crippen LogP contribution in [0.25, 0.3) is 0 Å². The minimum atomic E-state index is -0.797. The second-order valence-corrected chi connectivity index (χ2v) is 5.90. The van der Waals surface area contributed by atoms with Gasteiger partial charge in [-0.1, -0.05) is 11.6 Å². The molecular weight excluding hydrogens is 155 g/mol. The zero-order chi connectivity index (χ0) is 8.10. The zero-order valence-electron chi connectivity index (χ0n) is 7.51. The largest absolute Gasteiger partial charge is 0.501 e. The molecule has 64 valence electrons. The lowest BCUT2D eigenvalue weighted by Crippen LogP contribution is -2.24. The van der Waals surface area contributed by atoms with Gasteiger partial charge in [-0.05, 0) is 12.8 Å². The standard InChI is InChI=1S/C6H11O2.2CH3.Al/c7-4-6-2-1-3-8-5-6;;;/h6H,1-5H2;2*1H3;/q-1;;;+1. The van der Waals surface area contributed by atoms with Crippen molar-refractivity contribution >= 4 is 14.5 Å². The summed E-state index contributed by atoms with van der Waals surface area (Å²) >= 11 is -0.797. The summed E-state index contributed by atoms with van der Waals surface area (Å²) in [6.07, 6.45) is 2.51. The minimum Gasteiger partial charge on any atom is -0.501 e. The summed E-state index contributed by atoms with van der Waals surface area (Å²) in [5.74, 6) is 5.10. The van der Waals surface area contributed by atoms with Gasteiger partial charge < -0.3 is 8.53 Å². The molecule has 0 bridgehead atoms. The van der Waals surface area contributed by atoms with Crippen molar-refractivity contribution in [2.45, 2.75) is 24.4 Å². The van der Waals surface area contributed by atoms with E-state index in [2.05, 4.69) is 11.6 Å². The average molecular weight is 172 g/mol. The van der Waals surface area contributed by atoms with Crippen LogP contribution in [-0.2, 0) is 8.53 Å². The fourth-order valence-corrected chi connectivity index (χ4v) is 1.92. The van der Waals surface area contributed by atoms with Gasteiger partial charge in [-0.2, -0.15) is 0 Å². The molecule has 0 aromatic rings. The van der Waals surface area contributed by atoms with Crippen molar-refractivity contribution in [3.05, 3.63) is 0 Å². The molecule has 3 heteroatoms. The van der Waals surface area contributed by atoms with Gasteiger partial charge in [-0.25, -0.2) is 0 Å². The van der Waals surface area contributed by atoms with Gasteiger partial charge in [-0.3, -0.25) is 0 Å². The third kappa shape index (κ3) is 4.13. The molecule has 1 unspecified atom stereocenters. The van der Waals surface area contributed by atoms with Gasteiger partial charge in [0.1, 0.15) is 0 Å². The molecule has 1 saturated heterocycles. The number of rotatable bonds is 3. The zero-order valence-corrected chi connectivity index (χ0v) is 8.66. The Kier molecular flexibility index (Phi) is 4.48. The molecule has 0 aromatic heterocycles. The summed E-state index contributed by atoms with van der Waals surface area (Å²) < 4.78 is 11.0. The van der Waals surface area contributed by atoms with Crippen molar-refractivity contribution in [3.63, 3.8) is 0 Å². The van der Waals surface area contributed by atoms with Crippen LogP contribution >= 0.6 is 0 Å². The Labute approximate surface area is 73.6 Å². The first kappa shape index (κ1) is 9.54. The van der Waals surface area contributed by atoms with Gasteiger partial charge >= 0.3 is 14.5 Å². The molecule has 11 heavy (non-hydrogen) atoms. The van der Waals surface area contributed by atoms with Crippen molar-refractivity contribution < 1.29 is 8.53 Å². The Hall–Kier alpha value is 0.452. The number of hydrogen-bond acceptors (Lipinski definition) is 2. The Morgan fingerprint density at radius 3 is 2.91 bits per heavy atom. The van der Waals surface area contributed by atoms with E-state index in [0.717, 1.165) is 19.8 Å². The molecule has 0 aromatic carbocycles. The number of hydrogen-bond donors (Lipinski definition) is 0. The van der Waals surface area contributed by atoms with Gasteiger partial charge in [0.25, 0.3) is 0 Å². The van der Waals surface area contributed by atoms with Gasteiger partial charge in [0.15, 0.2) is 0 Å². The third-order valence-corrected chi connectivity index (χ3v) is 2.78. The molecule has 1 aliphatic heterocycles. The SMILES string of the molecule is [CH3][Al]([CH3])[O]CC1CCCOC1. The molecule has 1 atom stereocenters. The molecule has 0 aliphatic carbocycles. The van der Waals surface area contributed by atoms with Crippen LogP contribution < -0.4 is 0 Å². The predicted octanol–water partition coefficient (Wildman–Crippen LogP) is 1.68. The van der Waals surface area contributed by atoms with Crippen LogP contribution in [-0.4, -0.2) is 34.3 Å². The lowest BCUT2D eigenvalue weighted by Gasteiger charge is -2.22. The van der Waals surface area contributed by atoms with E-state index in [-0.39, 0.29) is 0 Å². The van der Waals surface area contributed by atoms with E-state index in [1.54, 1.807) is 0 Å². The second-order valence-electron chi connectivity index (χ2n) is 3.47. The lowest BCUT2D eigenvalue weighted by atomic mass is 10.0. The molecule has 1 fully saturated rings. The summed E-state index contributed by atoms with van der Waals surface area (Å²) in [6.45, 7) is 2.81. The molecule has 1 aliphatic rings. The fraction of sp³-hybridized carbons (Fsp3) is 1.00. The van der Waals surface area contributed by atoms with Gasteiger partial charge in [0, 0.05) is 19.1 Å². The summed E-state index contributed by atoms with van der Waals surface area (Å²) in [6, 6.07) is 0. The lowest BCUT2D eigenvalue weighted by molar-refractivity contribution is 0.0350. The molecule has 0 spiro atoms. The highest BCUT2D eigenvalue weighted by atomic mass is 27.2. The van der Waals surface area contributed by atoms with Gasteiger partial charge in [0.2, 0.25) is 0 Å². The van der Waals surface area contributed by atoms with E-state index in [1.165, 1.54) is 12.8 Å². The fourth-order valence-electron chi connectivity index (χ4n) is 1.27. The maximum Gasteiger partial charge on any atom is 0.453 e. The maximum atomic E-state index is 5.64. The monoisotopic (exact) mass is 172 g/mol. The van der Waals surface area contributed by atoms with Gasteiger partial charge in [-0.15, -0.1) is 0 Å². The first-order valence-corrected chi connectivity index (χ1v) is 7.26. The molecule has 0 N–H and O–H groups in total. The van der Waals surface area contributed by atoms with E-state index in [4.69, 9.17) is 8.53 Å². The smallest absolute Gasteiger partial charge is 0.453 e. The molecule has 0 amide bonds. The highest BCUT2D eigenvalue weighted by Crippen LogP contribution is 2.13. The van der Waals surface area contributed by atoms with Crippen LogP contribution in [0.1, 0.15) is 12.8 Å². The Bertz CT molecular complexity index is 100. The predicted molar refractivity (Wildman–Crippen MR) is 47.0 cm³/mol. The maximum absolute atomic E-state index is 5.64. The van der Waals surface area contributed by atoms with E-state index in [9.17, 15) is 0 Å². The van der Waals surface area contributed by atoms with Gasteiger partial charge in [0.05, 0.1) is 6.61 Å². The summed E-state index contributed by atoms with van der Waals surface area (Å²) in [4.78, 5) is 0. The van der Waals surface area contributed by atoms with E-state index < -0.39 is 14.5 Å². The van der Waals surface area contributed by atoms with Crippen molar-refractivity contribution in [2.75, 3.05) is 19.8 Å². The molecule has 0 radical (unpaired) electrons. The third-order valence-electron chi connectivity index (χ3n) is 1.92. The Balaban J connectivity index is 2.05. The molecule has 0 saturated carbocycles. The molecule has 1 heterocycles. The highest BCUT2D eigenvalue weighted by molar-refractivity contribution is 6.48. The number of ether oxygens (including phenoxy) is 1. The summed E-state index contributed by atoms with van der Waals surface area (Å²) in [5.41, 5.74) is 0. The van der Waals surface area contributed by atoms with Crippen molar-refractivity contribution in [3.8, 4) is 0 Å². The normalized spacial score (nSPS) is 25.1. The molecule has 1 rings (SSSR count). The van der Waals surface area contributed by atoms with Crippen LogP contribution in [0.5, 0.6) is 0 Å². The van der Waals surface area contributed by atoms with Crippen LogP contribution in [0.15, 0.2) is 0 Å². The van der Waals surface area contributed by atoms with Crippen LogP contribution in [0.3, 0.4) is 0 Å². The second kappa shape index (κ2) is 5.16. The molecular formula is C8H17AlO2. The van der Waals surface area contributed by atoms with Crippen molar-refractivity contribution in [1.82, 2.24) is 0 Å². The Morgan fingerprint density at radius 1 is 1.55 bits per heavy atom. The van der Waals surface area contributed by atoms with E-state index >= 15 is 0 Å². The average Bonchev–Trinajstić information content (AvgIpc) is 2.03. The van der Waals surface area contributed by atoms with Crippen LogP contribution in [0, 0.1) is 5.92 Å². The summed E-state index contributed by atoms with van der Waals surface area (Å²) in [5, 5.41) is 0. The first-order chi connectivity index (χ1) is 5.29. The van der Waals surface area contributed by atoms with E-state index in [0.29, 0.717) is 5.92 Å².